The maximum Gasteiger partial charge on any atom is 0.257 e. The van der Waals surface area contributed by atoms with E-state index in [0.29, 0.717) is 11.5 Å². The van der Waals surface area contributed by atoms with Crippen LogP contribution in [0.25, 0.3) is 11.3 Å². The van der Waals surface area contributed by atoms with Crippen LogP contribution < -0.4 is 5.32 Å². The molecule has 1 heterocycles. The van der Waals surface area contributed by atoms with Crippen molar-refractivity contribution in [2.75, 3.05) is 5.32 Å². The lowest BCUT2D eigenvalue weighted by molar-refractivity contribution is 0.102. The van der Waals surface area contributed by atoms with Crippen molar-refractivity contribution in [2.24, 2.45) is 0 Å². The molecule has 0 aliphatic carbocycles. The maximum absolute atomic E-state index is 12.4. The summed E-state index contributed by atoms with van der Waals surface area (Å²) in [7, 11) is 0. The van der Waals surface area contributed by atoms with E-state index in [0.717, 1.165) is 16.9 Å². The van der Waals surface area contributed by atoms with Gasteiger partial charge in [-0.2, -0.15) is 0 Å². The molecular weight excluding hydrogens is 308 g/mol. The van der Waals surface area contributed by atoms with E-state index in [9.17, 15) is 4.79 Å². The molecule has 0 fully saturated rings. The Labute approximate surface area is 148 Å². The molecule has 3 rings (SSSR count). The summed E-state index contributed by atoms with van der Waals surface area (Å²) in [5.41, 5.74) is 5.69. The molecule has 25 heavy (non-hydrogen) atoms. The molecule has 0 aliphatic rings. The number of nitrogens with one attached hydrogen (secondary N) is 1. The first-order valence-electron chi connectivity index (χ1n) is 8.47. The first kappa shape index (κ1) is 16.9. The number of hydrogen-bond acceptors (Lipinski definition) is 2. The van der Waals surface area contributed by atoms with Crippen molar-refractivity contribution in [3.05, 3.63) is 83.6 Å². The van der Waals surface area contributed by atoms with E-state index in [2.05, 4.69) is 43.2 Å². The number of pyridine rings is 1. The first-order chi connectivity index (χ1) is 12.0. The van der Waals surface area contributed by atoms with Crippen molar-refractivity contribution >= 4 is 11.6 Å². The second-order valence-corrected chi connectivity index (χ2v) is 6.53. The van der Waals surface area contributed by atoms with Gasteiger partial charge in [0.05, 0.1) is 11.3 Å². The van der Waals surface area contributed by atoms with Crippen LogP contribution in [0.4, 0.5) is 5.69 Å². The number of hydrogen-bond donors (Lipinski definition) is 1. The Balaban J connectivity index is 1.72. The van der Waals surface area contributed by atoms with E-state index < -0.39 is 0 Å². The predicted molar refractivity (Wildman–Crippen MR) is 103 cm³/mol. The first-order valence-corrected chi connectivity index (χ1v) is 8.47. The Kier molecular flexibility index (Phi) is 4.94. The summed E-state index contributed by atoms with van der Waals surface area (Å²) in [5, 5.41) is 2.91. The van der Waals surface area contributed by atoms with E-state index in [-0.39, 0.29) is 5.91 Å². The molecule has 1 N–H and O–H groups in total. The zero-order valence-corrected chi connectivity index (χ0v) is 14.8. The van der Waals surface area contributed by atoms with Crippen LogP contribution >= 0.6 is 0 Å². The van der Waals surface area contributed by atoms with Crippen LogP contribution in [0.2, 0.25) is 0 Å². The van der Waals surface area contributed by atoms with E-state index in [1.807, 2.05) is 48.5 Å². The van der Waals surface area contributed by atoms with Gasteiger partial charge in [-0.1, -0.05) is 49.7 Å². The average Bonchev–Trinajstić information content (AvgIpc) is 2.62. The molecule has 0 unspecified atom stereocenters. The summed E-state index contributed by atoms with van der Waals surface area (Å²) < 4.78 is 0. The Hall–Kier alpha value is -2.94. The van der Waals surface area contributed by atoms with Crippen LogP contribution in [0.5, 0.6) is 0 Å². The fourth-order valence-electron chi connectivity index (χ4n) is 2.66. The predicted octanol–water partition coefficient (Wildman–Crippen LogP) is 5.43. The van der Waals surface area contributed by atoms with Gasteiger partial charge in [0, 0.05) is 17.4 Å². The minimum Gasteiger partial charge on any atom is -0.322 e. The lowest BCUT2D eigenvalue weighted by Gasteiger charge is -2.09. The number of carbonyl (C=O) groups is 1. The Morgan fingerprint density at radius 2 is 1.76 bits per heavy atom. The number of anilines is 1. The molecule has 0 radical (unpaired) electrons. The van der Waals surface area contributed by atoms with Crippen molar-refractivity contribution in [1.82, 2.24) is 4.98 Å². The number of aryl methyl sites for hydroxylation is 1. The Bertz CT molecular complexity index is 865. The van der Waals surface area contributed by atoms with Crippen molar-refractivity contribution in [1.29, 1.82) is 0 Å². The molecule has 0 saturated carbocycles. The van der Waals surface area contributed by atoms with E-state index in [1.165, 1.54) is 11.1 Å². The molecule has 3 aromatic rings. The van der Waals surface area contributed by atoms with Crippen LogP contribution in [0.1, 0.15) is 41.3 Å². The van der Waals surface area contributed by atoms with Crippen LogP contribution in [-0.4, -0.2) is 10.9 Å². The number of carbonyl (C=O) groups excluding carboxylic acids is 1. The summed E-state index contributed by atoms with van der Waals surface area (Å²) in [6.45, 7) is 6.35. The summed E-state index contributed by atoms with van der Waals surface area (Å²) in [5.74, 6) is 0.323. The minimum absolute atomic E-state index is 0.152. The highest BCUT2D eigenvalue weighted by Gasteiger charge is 2.08. The van der Waals surface area contributed by atoms with Gasteiger partial charge >= 0.3 is 0 Å². The topological polar surface area (TPSA) is 42.0 Å². The fourth-order valence-corrected chi connectivity index (χ4v) is 2.66. The van der Waals surface area contributed by atoms with E-state index in [1.54, 1.807) is 6.20 Å². The van der Waals surface area contributed by atoms with Gasteiger partial charge in [0.1, 0.15) is 0 Å². The average molecular weight is 330 g/mol. The highest BCUT2D eigenvalue weighted by atomic mass is 16.1. The molecule has 0 atom stereocenters. The third-order valence-electron chi connectivity index (χ3n) is 4.17. The molecular formula is C22H22N2O. The number of nitrogens with zero attached hydrogens (tertiary/aromatic N) is 1. The standard InChI is InChI=1S/C22H22N2O/c1-15(2)17-7-10-20(11-8-17)24-22(25)19-9-12-21(23-14-19)18-6-4-5-16(3)13-18/h4-15H,1-3H3,(H,24,25). The summed E-state index contributed by atoms with van der Waals surface area (Å²) in [6, 6.07) is 19.8. The number of aromatic nitrogens is 1. The second-order valence-electron chi connectivity index (χ2n) is 6.53. The van der Waals surface area contributed by atoms with E-state index in [4.69, 9.17) is 0 Å². The van der Waals surface area contributed by atoms with Crippen LogP contribution in [0.3, 0.4) is 0 Å². The SMILES string of the molecule is Cc1cccc(-c2ccc(C(=O)Nc3ccc(C(C)C)cc3)cn2)c1. The quantitative estimate of drug-likeness (QED) is 0.693. The molecule has 1 amide bonds. The minimum atomic E-state index is -0.152. The summed E-state index contributed by atoms with van der Waals surface area (Å²) >= 11 is 0. The molecule has 3 heteroatoms. The lowest BCUT2D eigenvalue weighted by atomic mass is 10.0. The van der Waals surface area contributed by atoms with Gasteiger partial charge in [0.25, 0.3) is 5.91 Å². The maximum atomic E-state index is 12.4. The third kappa shape index (κ3) is 4.13. The summed E-state index contributed by atoms with van der Waals surface area (Å²) in [6.07, 6.45) is 1.62. The van der Waals surface area contributed by atoms with Gasteiger partial charge in [-0.3, -0.25) is 9.78 Å². The number of benzene rings is 2. The molecule has 0 bridgehead atoms. The molecule has 0 aliphatic heterocycles. The molecule has 2 aromatic carbocycles. The van der Waals surface area contributed by atoms with Crippen molar-refractivity contribution in [3.8, 4) is 11.3 Å². The van der Waals surface area contributed by atoms with Gasteiger partial charge in [0.2, 0.25) is 0 Å². The molecule has 1 aromatic heterocycles. The fraction of sp³-hybridized carbons (Fsp3) is 0.182. The van der Waals surface area contributed by atoms with Gasteiger partial charge in [-0.05, 0) is 48.7 Å². The van der Waals surface area contributed by atoms with Gasteiger partial charge in [0.15, 0.2) is 0 Å². The van der Waals surface area contributed by atoms with Gasteiger partial charge in [-0.15, -0.1) is 0 Å². The largest absolute Gasteiger partial charge is 0.322 e. The Morgan fingerprint density at radius 3 is 2.36 bits per heavy atom. The van der Waals surface area contributed by atoms with Crippen molar-refractivity contribution in [3.63, 3.8) is 0 Å². The molecule has 126 valence electrons. The second kappa shape index (κ2) is 7.31. The lowest BCUT2D eigenvalue weighted by Crippen LogP contribution is -2.12. The molecule has 3 nitrogen and oxygen atoms in total. The van der Waals surface area contributed by atoms with Gasteiger partial charge < -0.3 is 5.32 Å². The zero-order chi connectivity index (χ0) is 17.8. The van der Waals surface area contributed by atoms with Crippen molar-refractivity contribution in [2.45, 2.75) is 26.7 Å². The number of rotatable bonds is 4. The molecule has 0 saturated heterocycles. The Morgan fingerprint density at radius 1 is 1.00 bits per heavy atom. The van der Waals surface area contributed by atoms with E-state index >= 15 is 0 Å². The van der Waals surface area contributed by atoms with Crippen molar-refractivity contribution < 1.29 is 4.79 Å². The van der Waals surface area contributed by atoms with Crippen LogP contribution in [0.15, 0.2) is 66.9 Å². The smallest absolute Gasteiger partial charge is 0.257 e. The summed E-state index contributed by atoms with van der Waals surface area (Å²) in [4.78, 5) is 16.8. The highest BCUT2D eigenvalue weighted by molar-refractivity contribution is 6.04. The van der Waals surface area contributed by atoms with Crippen LogP contribution in [0, 0.1) is 6.92 Å². The van der Waals surface area contributed by atoms with Crippen LogP contribution in [-0.2, 0) is 0 Å². The zero-order valence-electron chi connectivity index (χ0n) is 14.8. The number of amides is 1. The third-order valence-corrected chi connectivity index (χ3v) is 4.17. The normalized spacial score (nSPS) is 10.7. The molecule has 0 spiro atoms. The monoisotopic (exact) mass is 330 g/mol. The van der Waals surface area contributed by atoms with Gasteiger partial charge in [-0.25, -0.2) is 0 Å². The highest BCUT2D eigenvalue weighted by Crippen LogP contribution is 2.20.